The molecule has 4 heterocycles. The molecule has 2 aromatic heterocycles. The minimum atomic E-state index is -5.27. The maximum atomic E-state index is 13.3. The predicted molar refractivity (Wildman–Crippen MR) is 183 cm³/mol. The molecule has 0 aliphatic carbocycles. The second-order valence-electron chi connectivity index (χ2n) is 12.5. The lowest BCUT2D eigenvalue weighted by Gasteiger charge is -2.51. The first-order chi connectivity index (χ1) is 24.6. The van der Waals surface area contributed by atoms with E-state index in [9.17, 15) is 32.5 Å². The van der Waals surface area contributed by atoms with Gasteiger partial charge >= 0.3 is 11.9 Å². The number of amides is 2. The number of nitrogen functional groups attached to an aromatic ring is 1. The molecule has 52 heavy (non-hydrogen) atoms. The molecule has 1 unspecified atom stereocenters. The Morgan fingerprint density at radius 2 is 2.00 bits per heavy atom. The molecular weight excluding hydrogens is 725 g/mol. The van der Waals surface area contributed by atoms with E-state index in [0.717, 1.165) is 48.0 Å². The number of carbonyl (C=O) groups excluding carboxylic acids is 2. The third-order valence-corrected chi connectivity index (χ3v) is 9.23. The van der Waals surface area contributed by atoms with Crippen molar-refractivity contribution in [3.8, 4) is 16.9 Å². The highest BCUT2D eigenvalue weighted by atomic mass is 32.3. The number of carboxylic acid groups (broad SMARTS) is 1. The van der Waals surface area contributed by atoms with Crippen molar-refractivity contribution in [2.24, 2.45) is 23.9 Å². The average Bonchev–Trinajstić information content (AvgIpc) is 3.50. The number of carbonyl (C=O) groups is 3. The number of aromatic nitrogens is 3. The summed E-state index contributed by atoms with van der Waals surface area (Å²) in [5, 5.41) is 20.9. The van der Waals surface area contributed by atoms with Crippen LogP contribution < -0.4 is 36.3 Å². The Bertz CT molecular complexity index is 1940. The van der Waals surface area contributed by atoms with Crippen LogP contribution >= 0.6 is 11.3 Å². The highest BCUT2D eigenvalue weighted by Gasteiger charge is 2.57. The van der Waals surface area contributed by atoms with Crippen molar-refractivity contribution < 1.29 is 50.9 Å². The molecule has 0 saturated carbocycles. The molecule has 2 amide bonds. The normalized spacial score (nSPS) is 17.9. The number of hydrogen-bond donors (Lipinski definition) is 5. The van der Waals surface area contributed by atoms with Gasteiger partial charge in [0, 0.05) is 36.5 Å². The van der Waals surface area contributed by atoms with Crippen LogP contribution in [0.5, 0.6) is 5.75 Å². The number of hydrogen-bond acceptors (Lipinski definition) is 17. The Morgan fingerprint density at radius 1 is 1.29 bits per heavy atom. The van der Waals surface area contributed by atoms with Crippen molar-refractivity contribution in [2.75, 3.05) is 50.0 Å². The lowest BCUT2D eigenvalue weighted by atomic mass is 9.84. The number of nitrogens with zero attached hydrogens (tertiary/aromatic N) is 6. The molecule has 2 aliphatic rings. The van der Waals surface area contributed by atoms with E-state index >= 15 is 0 Å². The molecule has 0 radical (unpaired) electrons. The van der Waals surface area contributed by atoms with Gasteiger partial charge in [0.1, 0.15) is 30.3 Å². The molecule has 20 nitrogen and oxygen atoms in total. The Morgan fingerprint density at radius 3 is 2.54 bits per heavy atom. The van der Waals surface area contributed by atoms with Crippen molar-refractivity contribution in [1.29, 1.82) is 0 Å². The zero-order valence-corrected chi connectivity index (χ0v) is 29.9. The fraction of sp³-hybridized carbons (Fsp3) is 0.433. The summed E-state index contributed by atoms with van der Waals surface area (Å²) in [6, 6.07) is 5.51. The van der Waals surface area contributed by atoms with Gasteiger partial charge in [0.2, 0.25) is 10.4 Å². The van der Waals surface area contributed by atoms with Gasteiger partial charge in [0.05, 0.1) is 31.9 Å². The number of carboxylic acids is 1. The topological polar surface area (TPSA) is 281 Å². The van der Waals surface area contributed by atoms with Gasteiger partial charge in [0.15, 0.2) is 10.8 Å². The SMILES string of the molecule is C[n+]1cc(-c2ccc(OC[C@H](O/N=C(\C(=O)NC3C(=O)N(OS(=O)(=O)[O-])C3(C)C)c3csc(N)n3)C(=O)O)cc2)cnc1N(CCN)CC1CNC1. The van der Waals surface area contributed by atoms with Crippen LogP contribution in [0.3, 0.4) is 0 Å². The van der Waals surface area contributed by atoms with E-state index in [4.69, 9.17) is 26.0 Å². The summed E-state index contributed by atoms with van der Waals surface area (Å²) in [6.45, 7) is 6.11. The van der Waals surface area contributed by atoms with E-state index in [1.165, 1.54) is 19.2 Å². The number of aliphatic carboxylic acids is 1. The number of β-lactam (4-membered cyclic amide) rings is 1. The number of hydroxylamine groups is 2. The molecule has 0 spiro atoms. The van der Waals surface area contributed by atoms with E-state index in [1.54, 1.807) is 30.5 Å². The van der Waals surface area contributed by atoms with Crippen LogP contribution in [-0.2, 0) is 41.0 Å². The van der Waals surface area contributed by atoms with Gasteiger partial charge in [-0.15, -0.1) is 11.3 Å². The minimum Gasteiger partial charge on any atom is -0.724 e. The standard InChI is InChI=1S/C30H38N10O10S2/c1-30(2)24(26(42)40(30)50-52(45,46)47)36-25(41)23(21-16-51-28(32)35-21)37-49-22(27(43)44)15-48-20-6-4-18(5-7-20)19-12-34-29(38(3)14-19)39(9-8-31)13-17-10-33-11-17/h4-7,12,14,16-17,22,24,33H,8-11,13,15,31H2,1-3H3,(H4-,32,35,36,41,43,44,45,46,47)/b37-23-/t22-,24?/m0/s1. The van der Waals surface area contributed by atoms with Gasteiger partial charge in [-0.2, -0.15) is 9.35 Å². The highest BCUT2D eigenvalue weighted by molar-refractivity contribution is 7.80. The van der Waals surface area contributed by atoms with Gasteiger partial charge in [-0.25, -0.2) is 22.8 Å². The van der Waals surface area contributed by atoms with Gasteiger partial charge in [-0.1, -0.05) is 22.3 Å². The molecule has 280 valence electrons. The van der Waals surface area contributed by atoms with Crippen molar-refractivity contribution in [3.63, 3.8) is 0 Å². The van der Waals surface area contributed by atoms with Crippen LogP contribution in [0.4, 0.5) is 11.1 Å². The second kappa shape index (κ2) is 15.7. The monoisotopic (exact) mass is 762 g/mol. The molecule has 2 saturated heterocycles. The zero-order chi connectivity index (χ0) is 37.8. The van der Waals surface area contributed by atoms with E-state index in [-0.39, 0.29) is 10.8 Å². The van der Waals surface area contributed by atoms with Crippen LogP contribution in [0.1, 0.15) is 19.5 Å². The Balaban J connectivity index is 1.24. The molecule has 7 N–H and O–H groups in total. The molecule has 2 fully saturated rings. The molecule has 5 rings (SSSR count). The second-order valence-corrected chi connectivity index (χ2v) is 14.3. The van der Waals surface area contributed by atoms with Gasteiger partial charge < -0.3 is 41.3 Å². The average molecular weight is 763 g/mol. The predicted octanol–water partition coefficient (Wildman–Crippen LogP) is -1.65. The Kier molecular flexibility index (Phi) is 11.6. The number of thiazole rings is 1. The lowest BCUT2D eigenvalue weighted by Crippen LogP contribution is -2.76. The van der Waals surface area contributed by atoms with Crippen LogP contribution in [0.2, 0.25) is 0 Å². The minimum absolute atomic E-state index is 0.0492. The van der Waals surface area contributed by atoms with Crippen LogP contribution in [0.15, 0.2) is 47.2 Å². The molecule has 2 atom stereocenters. The summed E-state index contributed by atoms with van der Waals surface area (Å²) in [6.07, 6.45) is 2.03. The Labute approximate surface area is 302 Å². The summed E-state index contributed by atoms with van der Waals surface area (Å²) in [4.78, 5) is 53.9. The first-order valence-electron chi connectivity index (χ1n) is 15.8. The number of oxime groups is 1. The fourth-order valence-electron chi connectivity index (χ4n) is 5.39. The van der Waals surface area contributed by atoms with E-state index < -0.39 is 58.2 Å². The summed E-state index contributed by atoms with van der Waals surface area (Å²) in [7, 11) is -3.36. The van der Waals surface area contributed by atoms with Crippen molar-refractivity contribution >= 4 is 56.3 Å². The number of aryl methyl sites for hydroxylation is 1. The van der Waals surface area contributed by atoms with Gasteiger partial charge in [-0.3, -0.25) is 14.5 Å². The third kappa shape index (κ3) is 8.89. The van der Waals surface area contributed by atoms with E-state index in [2.05, 4.69) is 30.0 Å². The molecule has 2 aliphatic heterocycles. The van der Waals surface area contributed by atoms with Crippen molar-refractivity contribution in [3.05, 3.63) is 47.7 Å². The van der Waals surface area contributed by atoms with Gasteiger partial charge in [0.25, 0.3) is 17.9 Å². The number of nitrogens with two attached hydrogens (primary N) is 2. The third-order valence-electron chi connectivity index (χ3n) is 8.23. The first kappa shape index (κ1) is 38.2. The van der Waals surface area contributed by atoms with E-state index in [1.807, 2.05) is 17.8 Å². The van der Waals surface area contributed by atoms with Crippen LogP contribution in [0, 0.1) is 5.92 Å². The number of anilines is 2. The summed E-state index contributed by atoms with van der Waals surface area (Å²) in [5.74, 6) is -1.87. The number of nitrogens with one attached hydrogen (secondary N) is 2. The summed E-state index contributed by atoms with van der Waals surface area (Å²) in [5.41, 5.74) is 11.1. The Hall–Kier alpha value is -5.00. The quantitative estimate of drug-likeness (QED) is 0.0257. The largest absolute Gasteiger partial charge is 0.724 e. The van der Waals surface area contributed by atoms with Crippen molar-refractivity contribution in [2.45, 2.75) is 31.5 Å². The smallest absolute Gasteiger partial charge is 0.393 e. The maximum absolute atomic E-state index is 13.3. The summed E-state index contributed by atoms with van der Waals surface area (Å²) < 4.78 is 44.9. The molecule has 1 aromatic carbocycles. The zero-order valence-electron chi connectivity index (χ0n) is 28.3. The van der Waals surface area contributed by atoms with Crippen molar-refractivity contribution in [1.82, 2.24) is 25.7 Å². The lowest BCUT2D eigenvalue weighted by molar-refractivity contribution is -0.661. The number of benzene rings is 1. The van der Waals surface area contributed by atoms with Crippen LogP contribution in [0.25, 0.3) is 11.1 Å². The molecule has 0 bridgehead atoms. The highest BCUT2D eigenvalue weighted by Crippen LogP contribution is 2.33. The number of rotatable bonds is 17. The van der Waals surface area contributed by atoms with Gasteiger partial charge in [-0.05, 0) is 31.5 Å². The van der Waals surface area contributed by atoms with Crippen LogP contribution in [-0.4, -0.2) is 114 Å². The van der Waals surface area contributed by atoms with E-state index in [0.29, 0.717) is 29.8 Å². The first-order valence-corrected chi connectivity index (χ1v) is 18.0. The molecule has 22 heteroatoms. The summed E-state index contributed by atoms with van der Waals surface area (Å²) >= 11 is 0.951. The number of ether oxygens (including phenoxy) is 1. The fourth-order valence-corrected chi connectivity index (χ4v) is 6.38. The molecule has 3 aromatic rings. The maximum Gasteiger partial charge on any atom is 0.393 e. The molecular formula is C30H38N10O10S2.